The molecular weight excluding hydrogens is 448 g/mol. The molecule has 2 N–H and O–H groups in total. The molecule has 0 unspecified atom stereocenters. The lowest BCUT2D eigenvalue weighted by atomic mass is 9.68. The fraction of sp³-hybridized carbons (Fsp3) is 0.211. The molecule has 0 aromatic heterocycles. The number of ether oxygens (including phenoxy) is 2. The third kappa shape index (κ3) is 6.29. The molecule has 14 heteroatoms. The first-order valence-corrected chi connectivity index (χ1v) is 10.8. The van der Waals surface area contributed by atoms with Crippen LogP contribution in [0.2, 0.25) is 0 Å². The molecule has 0 amide bonds. The van der Waals surface area contributed by atoms with Crippen LogP contribution in [-0.2, 0) is 27.5 Å². The van der Waals surface area contributed by atoms with Crippen molar-refractivity contribution in [2.75, 3.05) is 12.4 Å². The van der Waals surface area contributed by atoms with Gasteiger partial charge in [-0.05, 0) is 29.8 Å². The van der Waals surface area contributed by atoms with Crippen molar-refractivity contribution in [1.82, 2.24) is 0 Å². The van der Waals surface area contributed by atoms with Gasteiger partial charge in [0.25, 0.3) is 10.1 Å². The van der Waals surface area contributed by atoms with Crippen molar-refractivity contribution >= 4 is 70.3 Å². The number of rotatable bonds is 9. The van der Waals surface area contributed by atoms with E-state index in [9.17, 15) is 27.9 Å². The summed E-state index contributed by atoms with van der Waals surface area (Å²) in [5.41, 5.74) is -1.13. The summed E-state index contributed by atoms with van der Waals surface area (Å²) in [4.78, 5) is 36.5. The second-order valence-electron chi connectivity index (χ2n) is 6.58. The van der Waals surface area contributed by atoms with Gasteiger partial charge >= 0.3 is 17.9 Å². The molecule has 0 saturated carbocycles. The molecule has 0 bridgehead atoms. The first-order valence-electron chi connectivity index (χ1n) is 9.21. The third-order valence-corrected chi connectivity index (χ3v) is 5.18. The average Bonchev–Trinajstić information content (AvgIpc) is 2.72. The molecule has 2 aromatic rings. The topological polar surface area (TPSA) is 144 Å². The van der Waals surface area contributed by atoms with Crippen LogP contribution in [0.25, 0.3) is 0 Å². The SMILES string of the molecule is [B]Cc1c([B])c(C[B])c(C(=O)Oc2ccc(C(=O)OCCS(=O)(=O)O)cc2)c(C(=O)O)c1[B]. The predicted molar refractivity (Wildman–Crippen MR) is 121 cm³/mol. The van der Waals surface area contributed by atoms with E-state index in [0.29, 0.717) is 0 Å². The molecule has 162 valence electrons. The molecule has 9 nitrogen and oxygen atoms in total. The molecule has 0 aliphatic carbocycles. The van der Waals surface area contributed by atoms with E-state index in [1.165, 1.54) is 24.3 Å². The summed E-state index contributed by atoms with van der Waals surface area (Å²) < 4.78 is 39.9. The van der Waals surface area contributed by atoms with E-state index in [1.807, 2.05) is 0 Å². The van der Waals surface area contributed by atoms with Gasteiger partial charge in [0.2, 0.25) is 0 Å². The summed E-state index contributed by atoms with van der Waals surface area (Å²) in [6, 6.07) is 4.89. The Kier molecular flexibility index (Phi) is 8.57. The molecule has 2 aromatic carbocycles. The predicted octanol–water partition coefficient (Wildman–Crippen LogP) is -1.43. The molecule has 0 saturated heterocycles. The Morgan fingerprint density at radius 2 is 1.45 bits per heavy atom. The van der Waals surface area contributed by atoms with Crippen LogP contribution >= 0.6 is 0 Å². The highest BCUT2D eigenvalue weighted by atomic mass is 32.2. The Labute approximate surface area is 195 Å². The molecule has 0 atom stereocenters. The van der Waals surface area contributed by atoms with E-state index < -0.39 is 51.5 Å². The van der Waals surface area contributed by atoms with Gasteiger partial charge in [0.05, 0.1) is 32.4 Å². The highest BCUT2D eigenvalue weighted by Crippen LogP contribution is 2.20. The molecular formula is C19H14B4O9S. The number of benzene rings is 2. The zero-order valence-electron chi connectivity index (χ0n) is 17.1. The van der Waals surface area contributed by atoms with Crippen molar-refractivity contribution in [1.29, 1.82) is 0 Å². The lowest BCUT2D eigenvalue weighted by Gasteiger charge is -2.21. The van der Waals surface area contributed by atoms with Gasteiger partial charge in [0, 0.05) is 0 Å². The Bertz CT molecular complexity index is 1190. The van der Waals surface area contributed by atoms with Gasteiger partial charge in [-0.3, -0.25) is 4.55 Å². The van der Waals surface area contributed by atoms with Crippen LogP contribution in [0.15, 0.2) is 24.3 Å². The molecule has 0 aliphatic rings. The van der Waals surface area contributed by atoms with Gasteiger partial charge in [0.1, 0.15) is 33.8 Å². The molecule has 0 aliphatic heterocycles. The number of carboxylic acid groups (broad SMARTS) is 1. The van der Waals surface area contributed by atoms with Gasteiger partial charge in [-0.2, -0.15) is 8.42 Å². The minimum absolute atomic E-state index is 0.000188. The Morgan fingerprint density at radius 1 is 0.879 bits per heavy atom. The second-order valence-corrected chi connectivity index (χ2v) is 8.16. The molecule has 2 rings (SSSR count). The van der Waals surface area contributed by atoms with E-state index in [-0.39, 0.29) is 46.0 Å². The van der Waals surface area contributed by atoms with Crippen molar-refractivity contribution in [2.24, 2.45) is 0 Å². The minimum Gasteiger partial charge on any atom is -0.478 e. The van der Waals surface area contributed by atoms with Crippen LogP contribution in [0, 0.1) is 0 Å². The fourth-order valence-electron chi connectivity index (χ4n) is 2.92. The summed E-state index contributed by atoms with van der Waals surface area (Å²) in [6.07, 6.45) is -0.472. The van der Waals surface area contributed by atoms with Gasteiger partial charge in [0.15, 0.2) is 0 Å². The van der Waals surface area contributed by atoms with Gasteiger partial charge < -0.3 is 14.6 Å². The molecule has 8 radical (unpaired) electrons. The zero-order valence-corrected chi connectivity index (χ0v) is 17.9. The number of carboxylic acids is 1. The van der Waals surface area contributed by atoms with Crippen LogP contribution in [0.1, 0.15) is 42.2 Å². The van der Waals surface area contributed by atoms with E-state index in [0.717, 1.165) is 0 Å². The highest BCUT2D eigenvalue weighted by Gasteiger charge is 2.27. The van der Waals surface area contributed by atoms with Gasteiger partial charge in [-0.1, -0.05) is 29.1 Å². The summed E-state index contributed by atoms with van der Waals surface area (Å²) in [5.74, 6) is -4.31. The van der Waals surface area contributed by atoms with Crippen LogP contribution in [0.5, 0.6) is 5.75 Å². The standard InChI is InChI=1S/C19H14B4O9S/c20-7-11-13(14(17(24)25)16(23)12(8-21)15(11)22)19(27)32-10-3-1-9(2-4-10)18(26)31-5-6-33(28,29)30/h1-4H,5-8H2,(H,24,25)(H,28,29,30). The molecule has 33 heavy (non-hydrogen) atoms. The van der Waals surface area contributed by atoms with Crippen molar-refractivity contribution in [2.45, 2.75) is 12.6 Å². The van der Waals surface area contributed by atoms with E-state index in [1.54, 1.807) is 0 Å². The first-order chi connectivity index (χ1) is 15.4. The largest absolute Gasteiger partial charge is 0.478 e. The Morgan fingerprint density at radius 3 is 1.94 bits per heavy atom. The fourth-order valence-corrected chi connectivity index (χ4v) is 3.21. The summed E-state index contributed by atoms with van der Waals surface area (Å²) in [6.45, 7) is -0.560. The van der Waals surface area contributed by atoms with Crippen molar-refractivity contribution in [3.8, 4) is 5.75 Å². The van der Waals surface area contributed by atoms with Crippen molar-refractivity contribution in [3.05, 3.63) is 52.1 Å². The lowest BCUT2D eigenvalue weighted by Crippen LogP contribution is -2.36. The summed E-state index contributed by atoms with van der Waals surface area (Å²) in [5, 5.41) is 9.60. The Balaban J connectivity index is 2.30. The average molecular weight is 462 g/mol. The Hall–Kier alpha value is -2.98. The number of hydrogen-bond acceptors (Lipinski definition) is 7. The molecule has 0 spiro atoms. The van der Waals surface area contributed by atoms with Gasteiger partial charge in [-0.15, -0.1) is 0 Å². The quantitative estimate of drug-likeness (QED) is 0.199. The number of carbonyl (C=O) groups excluding carboxylic acids is 2. The van der Waals surface area contributed by atoms with Crippen LogP contribution in [0.4, 0.5) is 0 Å². The van der Waals surface area contributed by atoms with Crippen LogP contribution < -0.4 is 15.7 Å². The summed E-state index contributed by atoms with van der Waals surface area (Å²) in [7, 11) is 18.8. The van der Waals surface area contributed by atoms with E-state index >= 15 is 0 Å². The second kappa shape index (κ2) is 10.8. The number of hydrogen-bond donors (Lipinski definition) is 2. The first kappa shape index (κ1) is 26.3. The van der Waals surface area contributed by atoms with Crippen molar-refractivity contribution in [3.63, 3.8) is 0 Å². The maximum absolute atomic E-state index is 12.8. The normalized spacial score (nSPS) is 11.1. The smallest absolute Gasteiger partial charge is 0.344 e. The third-order valence-electron chi connectivity index (χ3n) is 4.50. The van der Waals surface area contributed by atoms with E-state index in [4.69, 9.17) is 45.4 Å². The number of esters is 2. The van der Waals surface area contributed by atoms with Crippen LogP contribution in [0.3, 0.4) is 0 Å². The highest BCUT2D eigenvalue weighted by molar-refractivity contribution is 7.85. The van der Waals surface area contributed by atoms with E-state index in [2.05, 4.69) is 0 Å². The lowest BCUT2D eigenvalue weighted by molar-refractivity contribution is 0.0527. The van der Waals surface area contributed by atoms with Crippen molar-refractivity contribution < 1.29 is 41.9 Å². The summed E-state index contributed by atoms with van der Waals surface area (Å²) >= 11 is 0. The van der Waals surface area contributed by atoms with Crippen LogP contribution in [-0.4, -0.2) is 79.7 Å². The van der Waals surface area contributed by atoms with Gasteiger partial charge in [-0.25, -0.2) is 14.4 Å². The minimum atomic E-state index is -4.28. The maximum atomic E-state index is 12.8. The molecule has 0 fully saturated rings. The maximum Gasteiger partial charge on any atom is 0.344 e. The number of aromatic carboxylic acids is 1. The molecule has 0 heterocycles. The zero-order chi connectivity index (χ0) is 24.9. The number of carbonyl (C=O) groups is 3. The monoisotopic (exact) mass is 462 g/mol.